The summed E-state index contributed by atoms with van der Waals surface area (Å²) in [6.45, 7) is 9.32. The molecule has 1 aromatic heterocycles. The molecule has 0 aliphatic rings. The molecule has 0 aliphatic heterocycles. The molecule has 1 aromatic rings. The van der Waals surface area contributed by atoms with Gasteiger partial charge in [-0.25, -0.2) is 0 Å². The number of hydrogen-bond acceptors (Lipinski definition) is 3. The van der Waals surface area contributed by atoms with Gasteiger partial charge in [-0.2, -0.15) is 0 Å². The molecule has 5 nitrogen and oxygen atoms in total. The summed E-state index contributed by atoms with van der Waals surface area (Å²) in [7, 11) is 0. The van der Waals surface area contributed by atoms with Crippen LogP contribution >= 0.6 is 0 Å². The normalized spacial score (nSPS) is 11.7. The zero-order chi connectivity index (χ0) is 10.8. The van der Waals surface area contributed by atoms with Gasteiger partial charge in [-0.05, 0) is 5.27 Å². The quantitative estimate of drug-likeness (QED) is 0.703. The summed E-state index contributed by atoms with van der Waals surface area (Å²) in [5, 5.41) is 13.1. The van der Waals surface area contributed by atoms with Gasteiger partial charge in [-0.3, -0.25) is 10.4 Å². The lowest BCUT2D eigenvalue weighted by atomic mass is 10.1. The number of rotatable bonds is 3. The summed E-state index contributed by atoms with van der Waals surface area (Å²) >= 11 is 0. The van der Waals surface area contributed by atoms with E-state index in [4.69, 9.17) is 9.93 Å². The van der Waals surface area contributed by atoms with Crippen LogP contribution in [0.4, 0.5) is 0 Å². The first-order valence-electron chi connectivity index (χ1n) is 4.83. The third-order valence-corrected chi connectivity index (χ3v) is 1.91. The van der Waals surface area contributed by atoms with Crippen LogP contribution in [0, 0.1) is 5.41 Å². The number of nitrogens with one attached hydrogen (secondary N) is 1. The number of nitrogens with zero attached hydrogens (tertiary/aromatic N) is 3. The van der Waals surface area contributed by atoms with Crippen molar-refractivity contribution in [1.82, 2.24) is 5.27 Å². The van der Waals surface area contributed by atoms with E-state index in [1.54, 1.807) is 11.0 Å². The fourth-order valence-corrected chi connectivity index (χ4v) is 1.31. The molecule has 1 N–H and O–H groups in total. The molecular weight excluding hydrogens is 180 g/mol. The van der Waals surface area contributed by atoms with Gasteiger partial charge in [0, 0.05) is 12.1 Å². The Hall–Kier alpha value is -1.26. The fourth-order valence-electron chi connectivity index (χ4n) is 1.31. The Kier molecular flexibility index (Phi) is 2.98. The van der Waals surface area contributed by atoms with Crippen LogP contribution < -0.4 is 20.6 Å². The Balaban J connectivity index is 2.94. The summed E-state index contributed by atoms with van der Waals surface area (Å²) in [6, 6.07) is 0. The highest BCUT2D eigenvalue weighted by molar-refractivity contribution is 4.87. The first-order chi connectivity index (χ1) is 6.45. The second-order valence-corrected chi connectivity index (χ2v) is 4.28. The predicted molar refractivity (Wildman–Crippen MR) is 51.2 cm³/mol. The zero-order valence-corrected chi connectivity index (χ0v) is 9.24. The maximum Gasteiger partial charge on any atom is 0.286 e. The van der Waals surface area contributed by atoms with Crippen molar-refractivity contribution in [2.24, 2.45) is 0 Å². The average Bonchev–Trinajstić information content (AvgIpc) is 2.45. The van der Waals surface area contributed by atoms with Crippen LogP contribution in [0.15, 0.2) is 10.7 Å². The smallest absolute Gasteiger partial charge is 0.286 e. The zero-order valence-electron chi connectivity index (χ0n) is 9.24. The molecule has 0 radical (unpaired) electrons. The van der Waals surface area contributed by atoms with E-state index in [2.05, 4.69) is 38.0 Å². The molecule has 1 rings (SSSR count). The van der Waals surface area contributed by atoms with Crippen LogP contribution in [0.3, 0.4) is 0 Å². The monoisotopic (exact) mass is 198 g/mol. The van der Waals surface area contributed by atoms with E-state index in [9.17, 15) is 0 Å². The standard InChI is InChI=1S/C9H18N4O/c1-5-6-12(9(2,3)4)13-7-8(10)14-11-13/h7,10H,5-6H2,1-4H3. The summed E-state index contributed by atoms with van der Waals surface area (Å²) in [6.07, 6.45) is 2.60. The topological polar surface area (TPSA) is 58.2 Å². The first-order valence-corrected chi connectivity index (χ1v) is 4.83. The van der Waals surface area contributed by atoms with Gasteiger partial charge in [0.15, 0.2) is 0 Å². The minimum atomic E-state index is -0.0238. The lowest BCUT2D eigenvalue weighted by Crippen LogP contribution is -2.67. The van der Waals surface area contributed by atoms with Gasteiger partial charge in [0.25, 0.3) is 11.8 Å². The number of aromatic nitrogens is 2. The van der Waals surface area contributed by atoms with Gasteiger partial charge >= 0.3 is 0 Å². The molecule has 0 bridgehead atoms. The third kappa shape index (κ3) is 2.37. The van der Waals surface area contributed by atoms with E-state index >= 15 is 0 Å². The fraction of sp³-hybridized carbons (Fsp3) is 0.778. The largest absolute Gasteiger partial charge is 0.380 e. The van der Waals surface area contributed by atoms with Gasteiger partial charge in [0.2, 0.25) is 0 Å². The Morgan fingerprint density at radius 3 is 2.57 bits per heavy atom. The average molecular weight is 198 g/mol. The van der Waals surface area contributed by atoms with Crippen LogP contribution in [0.25, 0.3) is 0 Å². The Bertz CT molecular complexity index is 333. The molecule has 80 valence electrons. The van der Waals surface area contributed by atoms with Gasteiger partial charge in [-0.15, -0.1) is 0 Å². The summed E-state index contributed by atoms with van der Waals surface area (Å²) in [4.78, 5) is 1.60. The van der Waals surface area contributed by atoms with E-state index in [-0.39, 0.29) is 11.1 Å². The SMILES string of the molecule is CCCN([n+]1cc(=N)o[n-]1)C(C)(C)C. The van der Waals surface area contributed by atoms with Gasteiger partial charge in [0.05, 0.1) is 0 Å². The van der Waals surface area contributed by atoms with Crippen LogP contribution in [0.5, 0.6) is 0 Å². The maximum absolute atomic E-state index is 7.27. The van der Waals surface area contributed by atoms with Crippen molar-refractivity contribution in [1.29, 1.82) is 5.41 Å². The van der Waals surface area contributed by atoms with Crippen molar-refractivity contribution in [3.8, 4) is 0 Å². The van der Waals surface area contributed by atoms with Crippen molar-refractivity contribution >= 4 is 0 Å². The van der Waals surface area contributed by atoms with E-state index in [1.807, 2.05) is 0 Å². The van der Waals surface area contributed by atoms with Crippen molar-refractivity contribution in [2.45, 2.75) is 39.7 Å². The van der Waals surface area contributed by atoms with Crippen LogP contribution in [-0.4, -0.2) is 12.1 Å². The molecule has 0 unspecified atom stereocenters. The molecule has 0 fully saturated rings. The van der Waals surface area contributed by atoms with Crippen LogP contribution in [0.2, 0.25) is 0 Å². The maximum atomic E-state index is 7.27. The highest BCUT2D eigenvalue weighted by Gasteiger charge is 2.21. The summed E-state index contributed by atoms with van der Waals surface area (Å²) < 4.78 is 4.72. The van der Waals surface area contributed by atoms with Gasteiger partial charge in [0.1, 0.15) is 0 Å². The van der Waals surface area contributed by atoms with E-state index in [1.165, 1.54) is 0 Å². The van der Waals surface area contributed by atoms with E-state index in [0.29, 0.717) is 0 Å². The minimum absolute atomic E-state index is 0.0238. The van der Waals surface area contributed by atoms with Crippen LogP contribution in [-0.2, 0) is 0 Å². The minimum Gasteiger partial charge on any atom is -0.380 e. The molecule has 0 saturated carbocycles. The molecule has 0 amide bonds. The molecular formula is C9H18N4O. The van der Waals surface area contributed by atoms with Crippen molar-refractivity contribution < 1.29 is 9.31 Å². The van der Waals surface area contributed by atoms with Crippen LogP contribution in [0.1, 0.15) is 34.1 Å². The second kappa shape index (κ2) is 3.86. The molecule has 0 aliphatic carbocycles. The predicted octanol–water partition coefficient (Wildman–Crippen LogP) is 0.150. The summed E-state index contributed by atoms with van der Waals surface area (Å²) in [5.74, 6) is 0. The lowest BCUT2D eigenvalue weighted by molar-refractivity contribution is -0.770. The van der Waals surface area contributed by atoms with E-state index in [0.717, 1.165) is 13.0 Å². The first kappa shape index (κ1) is 10.8. The van der Waals surface area contributed by atoms with Crippen molar-refractivity contribution in [2.75, 3.05) is 11.6 Å². The molecule has 0 spiro atoms. The molecule has 1 heterocycles. The van der Waals surface area contributed by atoms with Crippen molar-refractivity contribution in [3.63, 3.8) is 0 Å². The molecule has 14 heavy (non-hydrogen) atoms. The third-order valence-electron chi connectivity index (χ3n) is 1.91. The highest BCUT2D eigenvalue weighted by atomic mass is 16.5. The molecule has 0 saturated heterocycles. The molecule has 0 atom stereocenters. The van der Waals surface area contributed by atoms with Crippen molar-refractivity contribution in [3.05, 3.63) is 11.8 Å². The molecule has 0 aromatic carbocycles. The Labute approximate surface area is 83.8 Å². The second-order valence-electron chi connectivity index (χ2n) is 4.28. The molecule has 5 heteroatoms. The lowest BCUT2D eigenvalue weighted by Gasteiger charge is -2.35. The summed E-state index contributed by atoms with van der Waals surface area (Å²) in [5.41, 5.74) is 0.0552. The highest BCUT2D eigenvalue weighted by Crippen LogP contribution is 2.06. The Morgan fingerprint density at radius 2 is 2.21 bits per heavy atom. The Morgan fingerprint density at radius 1 is 1.57 bits per heavy atom. The van der Waals surface area contributed by atoms with Gasteiger partial charge < -0.3 is 4.52 Å². The number of hydrogen-bond donors (Lipinski definition) is 1. The van der Waals surface area contributed by atoms with E-state index < -0.39 is 0 Å². The van der Waals surface area contributed by atoms with Gasteiger partial charge in [-0.1, -0.05) is 38.9 Å².